The Morgan fingerprint density at radius 3 is 2.51 bits per heavy atom. The highest BCUT2D eigenvalue weighted by Crippen LogP contribution is 2.50. The van der Waals surface area contributed by atoms with Crippen molar-refractivity contribution in [2.75, 3.05) is 33.2 Å². The molecule has 1 unspecified atom stereocenters. The standard InChI is InChI=1S/C29H32N4O6/c1-17(34)33-22-9-7-19-12-25(37-2)28(38-3)29(39-4)27(19)20-8-10-23(24(35)13-21(20)22)31-16-26(36)32-15-18-6-5-11-30-14-18/h5-6,8,10-14,22H,7,9,15-16H2,1-4H3,(H,31,35)(H,32,36)(H,33,34). The van der Waals surface area contributed by atoms with Crippen LogP contribution in [0.4, 0.5) is 5.69 Å². The molecule has 3 N–H and O–H groups in total. The van der Waals surface area contributed by atoms with Crippen molar-refractivity contribution in [1.29, 1.82) is 0 Å². The number of carbonyl (C=O) groups excluding carboxylic acids is 2. The molecule has 0 radical (unpaired) electrons. The number of nitrogens with zero attached hydrogens (tertiary/aromatic N) is 1. The number of amides is 2. The zero-order valence-electron chi connectivity index (χ0n) is 22.4. The zero-order valence-corrected chi connectivity index (χ0v) is 22.4. The molecular weight excluding hydrogens is 500 g/mol. The first-order valence-electron chi connectivity index (χ1n) is 12.5. The summed E-state index contributed by atoms with van der Waals surface area (Å²) in [5, 5.41) is 8.74. The normalized spacial score (nSPS) is 13.7. The third-order valence-electron chi connectivity index (χ3n) is 6.57. The van der Waals surface area contributed by atoms with E-state index in [1.807, 2.05) is 12.1 Å². The van der Waals surface area contributed by atoms with E-state index in [4.69, 9.17) is 14.2 Å². The quantitative estimate of drug-likeness (QED) is 0.384. The van der Waals surface area contributed by atoms with Gasteiger partial charge >= 0.3 is 0 Å². The maximum atomic E-state index is 13.3. The predicted molar refractivity (Wildman–Crippen MR) is 147 cm³/mol. The molecule has 0 aliphatic heterocycles. The third-order valence-corrected chi connectivity index (χ3v) is 6.57. The maximum Gasteiger partial charge on any atom is 0.239 e. The van der Waals surface area contributed by atoms with Crippen molar-refractivity contribution >= 4 is 17.5 Å². The Hall–Kier alpha value is -4.60. The number of fused-ring (bicyclic) bond motifs is 3. The minimum atomic E-state index is -0.415. The average Bonchev–Trinajstić information content (AvgIpc) is 3.18. The molecule has 0 spiro atoms. The number of aromatic nitrogens is 1. The van der Waals surface area contributed by atoms with Crippen molar-refractivity contribution in [3.8, 4) is 28.4 Å². The molecule has 1 heterocycles. The van der Waals surface area contributed by atoms with Crippen LogP contribution in [0.25, 0.3) is 11.1 Å². The molecule has 2 aromatic carbocycles. The Kier molecular flexibility index (Phi) is 8.65. The molecule has 1 aliphatic carbocycles. The van der Waals surface area contributed by atoms with Crippen LogP contribution >= 0.6 is 0 Å². The van der Waals surface area contributed by atoms with E-state index >= 15 is 0 Å². The number of nitrogens with one attached hydrogen (secondary N) is 3. The van der Waals surface area contributed by atoms with Crippen LogP contribution in [-0.4, -0.2) is 44.7 Å². The van der Waals surface area contributed by atoms with E-state index < -0.39 is 6.04 Å². The van der Waals surface area contributed by atoms with E-state index in [2.05, 4.69) is 20.9 Å². The Balaban J connectivity index is 1.73. The van der Waals surface area contributed by atoms with Gasteiger partial charge in [-0.3, -0.25) is 19.4 Å². The van der Waals surface area contributed by atoms with E-state index in [-0.39, 0.29) is 29.5 Å². The van der Waals surface area contributed by atoms with Crippen molar-refractivity contribution in [1.82, 2.24) is 15.6 Å². The molecule has 0 saturated carbocycles. The van der Waals surface area contributed by atoms with Gasteiger partial charge in [0.05, 0.1) is 39.6 Å². The second kappa shape index (κ2) is 12.3. The van der Waals surface area contributed by atoms with Gasteiger partial charge in [-0.2, -0.15) is 0 Å². The Morgan fingerprint density at radius 1 is 1.05 bits per heavy atom. The van der Waals surface area contributed by atoms with Gasteiger partial charge in [0.2, 0.25) is 23.0 Å². The summed E-state index contributed by atoms with van der Waals surface area (Å²) in [6.45, 7) is 1.68. The molecule has 3 aromatic rings. The lowest BCUT2D eigenvalue weighted by Gasteiger charge is -2.19. The summed E-state index contributed by atoms with van der Waals surface area (Å²) in [6.07, 6.45) is 4.50. The van der Waals surface area contributed by atoms with Crippen LogP contribution in [0.3, 0.4) is 0 Å². The number of anilines is 1. The molecule has 1 aliphatic rings. The Labute approximate surface area is 226 Å². The van der Waals surface area contributed by atoms with Gasteiger partial charge < -0.3 is 30.2 Å². The van der Waals surface area contributed by atoms with Crippen molar-refractivity contribution in [3.05, 3.63) is 75.7 Å². The van der Waals surface area contributed by atoms with Crippen molar-refractivity contribution in [2.24, 2.45) is 0 Å². The summed E-state index contributed by atoms with van der Waals surface area (Å²) < 4.78 is 17.0. The maximum absolute atomic E-state index is 13.3. The number of rotatable bonds is 9. The van der Waals surface area contributed by atoms with Crippen LogP contribution in [0.15, 0.2) is 53.6 Å². The van der Waals surface area contributed by atoms with Gasteiger partial charge in [0, 0.05) is 31.4 Å². The molecule has 0 fully saturated rings. The van der Waals surface area contributed by atoms with E-state index in [9.17, 15) is 14.4 Å². The number of carbonyl (C=O) groups is 2. The van der Waals surface area contributed by atoms with E-state index in [0.29, 0.717) is 47.8 Å². The van der Waals surface area contributed by atoms with E-state index in [0.717, 1.165) is 16.7 Å². The van der Waals surface area contributed by atoms with Crippen LogP contribution in [0.5, 0.6) is 17.2 Å². The fourth-order valence-corrected chi connectivity index (χ4v) is 4.80. The molecule has 0 bridgehead atoms. The summed E-state index contributed by atoms with van der Waals surface area (Å²) in [6, 6.07) is 10.1. The highest BCUT2D eigenvalue weighted by molar-refractivity contribution is 5.84. The number of hydrogen-bond donors (Lipinski definition) is 3. The van der Waals surface area contributed by atoms with Crippen LogP contribution in [0.1, 0.15) is 36.1 Å². The summed E-state index contributed by atoms with van der Waals surface area (Å²) in [7, 11) is 4.64. The molecule has 1 atom stereocenters. The molecule has 204 valence electrons. The van der Waals surface area contributed by atoms with Crippen LogP contribution in [0.2, 0.25) is 0 Å². The van der Waals surface area contributed by atoms with Gasteiger partial charge in [-0.1, -0.05) is 12.1 Å². The first-order chi connectivity index (χ1) is 18.9. The monoisotopic (exact) mass is 532 g/mol. The summed E-state index contributed by atoms with van der Waals surface area (Å²) in [5.41, 5.74) is 3.86. The third kappa shape index (κ3) is 6.11. The molecule has 39 heavy (non-hydrogen) atoms. The van der Waals surface area contributed by atoms with Crippen LogP contribution in [-0.2, 0) is 22.6 Å². The minimum absolute atomic E-state index is 0.0930. The molecule has 1 aromatic heterocycles. The lowest BCUT2D eigenvalue weighted by atomic mass is 9.95. The molecule has 4 rings (SSSR count). The number of methoxy groups -OCH3 is 3. The molecule has 2 amide bonds. The number of benzene rings is 1. The molecular formula is C29H32N4O6. The number of aryl methyl sites for hydroxylation is 1. The smallest absolute Gasteiger partial charge is 0.239 e. The second-order valence-corrected chi connectivity index (χ2v) is 9.09. The highest BCUT2D eigenvalue weighted by atomic mass is 16.5. The first-order valence-corrected chi connectivity index (χ1v) is 12.5. The average molecular weight is 533 g/mol. The van der Waals surface area contributed by atoms with Crippen molar-refractivity contribution in [2.45, 2.75) is 32.4 Å². The van der Waals surface area contributed by atoms with Gasteiger partial charge in [0.15, 0.2) is 11.5 Å². The number of pyridine rings is 1. The first kappa shape index (κ1) is 27.4. The van der Waals surface area contributed by atoms with Gasteiger partial charge in [-0.25, -0.2) is 0 Å². The lowest BCUT2D eigenvalue weighted by molar-refractivity contribution is -0.120. The minimum Gasteiger partial charge on any atom is -0.493 e. The predicted octanol–water partition coefficient (Wildman–Crippen LogP) is 2.99. The largest absolute Gasteiger partial charge is 0.493 e. The Morgan fingerprint density at radius 2 is 1.85 bits per heavy atom. The fraction of sp³-hybridized carbons (Fsp3) is 0.310. The SMILES string of the molecule is COc1cc2c(c(OC)c1OC)-c1ccc(NCC(=O)NCc3cccnc3)c(=O)cc1C(NC(C)=O)CC2. The van der Waals surface area contributed by atoms with Crippen LogP contribution in [0, 0.1) is 0 Å². The lowest BCUT2D eigenvalue weighted by Crippen LogP contribution is -2.30. The fourth-order valence-electron chi connectivity index (χ4n) is 4.80. The van der Waals surface area contributed by atoms with Crippen LogP contribution < -0.4 is 35.6 Å². The Bertz CT molecular complexity index is 1430. The summed E-state index contributed by atoms with van der Waals surface area (Å²) in [4.78, 5) is 41.9. The number of hydrogen-bond acceptors (Lipinski definition) is 8. The van der Waals surface area contributed by atoms with Gasteiger partial charge in [-0.05, 0) is 59.4 Å². The van der Waals surface area contributed by atoms with Crippen molar-refractivity contribution < 1.29 is 23.8 Å². The van der Waals surface area contributed by atoms with Gasteiger partial charge in [0.25, 0.3) is 0 Å². The summed E-state index contributed by atoms with van der Waals surface area (Å²) in [5.74, 6) is 0.949. The number of ether oxygens (including phenoxy) is 3. The van der Waals surface area contributed by atoms with Gasteiger partial charge in [-0.15, -0.1) is 0 Å². The zero-order chi connectivity index (χ0) is 27.9. The molecule has 10 nitrogen and oxygen atoms in total. The molecule has 10 heteroatoms. The molecule has 0 saturated heterocycles. The summed E-state index contributed by atoms with van der Waals surface area (Å²) >= 11 is 0. The van der Waals surface area contributed by atoms with E-state index in [1.165, 1.54) is 20.1 Å². The van der Waals surface area contributed by atoms with Crippen molar-refractivity contribution in [3.63, 3.8) is 0 Å². The van der Waals surface area contributed by atoms with Gasteiger partial charge in [0.1, 0.15) is 0 Å². The second-order valence-electron chi connectivity index (χ2n) is 9.09. The van der Waals surface area contributed by atoms with E-state index in [1.54, 1.807) is 44.8 Å². The topological polar surface area (TPSA) is 128 Å². The highest BCUT2D eigenvalue weighted by Gasteiger charge is 2.29.